The number of rotatable bonds is 4. The molecule has 7 heteroatoms. The van der Waals surface area contributed by atoms with E-state index in [0.717, 1.165) is 0 Å². The van der Waals surface area contributed by atoms with E-state index in [0.29, 0.717) is 31.5 Å². The Morgan fingerprint density at radius 2 is 1.96 bits per heavy atom. The topological polar surface area (TPSA) is 58.4 Å². The van der Waals surface area contributed by atoms with E-state index < -0.39 is 5.54 Å². The molecule has 1 aromatic heterocycles. The van der Waals surface area contributed by atoms with Crippen molar-refractivity contribution in [2.45, 2.75) is 24.8 Å². The minimum Gasteiger partial charge on any atom is -0.347 e. The smallest absolute Gasteiger partial charge is 0.250 e. The van der Waals surface area contributed by atoms with Gasteiger partial charge in [0.15, 0.2) is 0 Å². The minimum atomic E-state index is -0.761. The third kappa shape index (κ3) is 3.47. The first-order valence-electron chi connectivity index (χ1n) is 8.66. The van der Waals surface area contributed by atoms with E-state index in [9.17, 15) is 14.0 Å². The van der Waals surface area contributed by atoms with Crippen LogP contribution in [-0.4, -0.2) is 58.6 Å². The van der Waals surface area contributed by atoms with Crippen LogP contribution in [0.15, 0.2) is 42.7 Å². The zero-order valence-electron chi connectivity index (χ0n) is 15.1. The maximum atomic E-state index is 13.3. The molecule has 0 radical (unpaired) electrons. The van der Waals surface area contributed by atoms with Crippen LogP contribution in [0.2, 0.25) is 0 Å². The second-order valence-corrected chi connectivity index (χ2v) is 6.87. The molecule has 2 amide bonds. The number of piperidine rings is 1. The summed E-state index contributed by atoms with van der Waals surface area (Å²) in [7, 11) is 3.46. The molecule has 1 aromatic carbocycles. The highest BCUT2D eigenvalue weighted by Gasteiger charge is 2.45. The van der Waals surface area contributed by atoms with Gasteiger partial charge in [0.05, 0.1) is 6.42 Å². The average Bonchev–Trinajstić information content (AvgIpc) is 3.16. The molecule has 0 unspecified atom stereocenters. The van der Waals surface area contributed by atoms with Crippen LogP contribution < -0.4 is 0 Å². The monoisotopic (exact) mass is 358 g/mol. The number of carbonyl (C=O) groups is 2. The van der Waals surface area contributed by atoms with Crippen LogP contribution in [0.25, 0.3) is 0 Å². The van der Waals surface area contributed by atoms with Crippen molar-refractivity contribution in [3.8, 4) is 0 Å². The molecule has 0 N–H and O–H groups in total. The van der Waals surface area contributed by atoms with E-state index in [4.69, 9.17) is 0 Å². The maximum absolute atomic E-state index is 13.3. The SMILES string of the molecule is CN(C)C(=O)C1(n2cccn2)CCN(C(=O)Cc2cccc(F)c2)CC1. The van der Waals surface area contributed by atoms with E-state index in [-0.39, 0.29) is 24.1 Å². The zero-order valence-corrected chi connectivity index (χ0v) is 15.1. The Morgan fingerprint density at radius 1 is 1.23 bits per heavy atom. The van der Waals surface area contributed by atoms with Crippen molar-refractivity contribution in [3.05, 3.63) is 54.1 Å². The summed E-state index contributed by atoms with van der Waals surface area (Å²) >= 11 is 0. The molecule has 138 valence electrons. The van der Waals surface area contributed by atoms with Gasteiger partial charge >= 0.3 is 0 Å². The lowest BCUT2D eigenvalue weighted by Crippen LogP contribution is -2.56. The Bertz CT molecular complexity index is 781. The van der Waals surface area contributed by atoms with Crippen LogP contribution >= 0.6 is 0 Å². The molecule has 1 aliphatic rings. The van der Waals surface area contributed by atoms with Gasteiger partial charge in [0.2, 0.25) is 11.8 Å². The van der Waals surface area contributed by atoms with Crippen LogP contribution in [0.1, 0.15) is 18.4 Å². The Kier molecular flexibility index (Phi) is 5.06. The fraction of sp³-hybridized carbons (Fsp3) is 0.421. The molecule has 0 bridgehead atoms. The van der Waals surface area contributed by atoms with Crippen LogP contribution in [0.3, 0.4) is 0 Å². The number of likely N-dealkylation sites (tertiary alicyclic amines) is 1. The lowest BCUT2D eigenvalue weighted by Gasteiger charge is -2.42. The molecule has 2 heterocycles. The van der Waals surface area contributed by atoms with Gasteiger partial charge in [0.1, 0.15) is 11.4 Å². The average molecular weight is 358 g/mol. The number of benzene rings is 1. The highest BCUT2D eigenvalue weighted by Crippen LogP contribution is 2.31. The van der Waals surface area contributed by atoms with Gasteiger partial charge in [-0.05, 0) is 36.6 Å². The molecule has 1 saturated heterocycles. The quantitative estimate of drug-likeness (QED) is 0.835. The molecule has 0 spiro atoms. The minimum absolute atomic E-state index is 0.0153. The van der Waals surface area contributed by atoms with Crippen LogP contribution in [0, 0.1) is 5.82 Å². The molecule has 2 aromatic rings. The van der Waals surface area contributed by atoms with Crippen molar-refractivity contribution < 1.29 is 14.0 Å². The van der Waals surface area contributed by atoms with Crippen molar-refractivity contribution in [1.29, 1.82) is 0 Å². The predicted molar refractivity (Wildman–Crippen MR) is 94.8 cm³/mol. The predicted octanol–water partition coefficient (Wildman–Crippen LogP) is 1.67. The van der Waals surface area contributed by atoms with Crippen molar-refractivity contribution in [2.24, 2.45) is 0 Å². The Hall–Kier alpha value is -2.70. The fourth-order valence-corrected chi connectivity index (χ4v) is 3.54. The molecule has 1 fully saturated rings. The molecule has 1 aliphatic heterocycles. The first kappa shape index (κ1) is 18.1. The van der Waals surface area contributed by atoms with Gasteiger partial charge in [0.25, 0.3) is 0 Å². The molecule has 26 heavy (non-hydrogen) atoms. The summed E-state index contributed by atoms with van der Waals surface area (Å²) in [5.74, 6) is -0.413. The second kappa shape index (κ2) is 7.27. The van der Waals surface area contributed by atoms with Crippen molar-refractivity contribution >= 4 is 11.8 Å². The van der Waals surface area contributed by atoms with E-state index >= 15 is 0 Å². The van der Waals surface area contributed by atoms with Crippen LogP contribution in [0.5, 0.6) is 0 Å². The number of hydrogen-bond acceptors (Lipinski definition) is 3. The third-order valence-corrected chi connectivity index (χ3v) is 4.93. The summed E-state index contributed by atoms with van der Waals surface area (Å²) in [5, 5.41) is 4.29. The van der Waals surface area contributed by atoms with Gasteiger partial charge in [-0.1, -0.05) is 12.1 Å². The number of nitrogens with zero attached hydrogens (tertiary/aromatic N) is 4. The summed E-state index contributed by atoms with van der Waals surface area (Å²) < 4.78 is 15.0. The second-order valence-electron chi connectivity index (χ2n) is 6.87. The standard InChI is InChI=1S/C19H23FN4O2/c1-22(2)18(26)19(24-10-4-9-21-24)7-11-23(12-8-19)17(25)14-15-5-3-6-16(20)13-15/h3-6,9-10,13H,7-8,11-12,14H2,1-2H3. The number of likely N-dealkylation sites (N-methyl/N-ethyl adjacent to an activating group) is 1. The van der Waals surface area contributed by atoms with Crippen molar-refractivity contribution in [1.82, 2.24) is 19.6 Å². The van der Waals surface area contributed by atoms with E-state index in [1.807, 2.05) is 0 Å². The summed E-state index contributed by atoms with van der Waals surface area (Å²) in [6.45, 7) is 0.932. The van der Waals surface area contributed by atoms with Gasteiger partial charge in [-0.25, -0.2) is 4.39 Å². The highest BCUT2D eigenvalue weighted by atomic mass is 19.1. The van der Waals surface area contributed by atoms with Crippen molar-refractivity contribution in [3.63, 3.8) is 0 Å². The number of hydrogen-bond donors (Lipinski definition) is 0. The van der Waals surface area contributed by atoms with Crippen molar-refractivity contribution in [2.75, 3.05) is 27.2 Å². The summed E-state index contributed by atoms with van der Waals surface area (Å²) in [5.41, 5.74) is -0.105. The molecule has 3 rings (SSSR count). The van der Waals surface area contributed by atoms with Gasteiger partial charge in [-0.2, -0.15) is 5.10 Å². The van der Waals surface area contributed by atoms with Crippen LogP contribution in [-0.2, 0) is 21.5 Å². The van der Waals surface area contributed by atoms with E-state index in [1.165, 1.54) is 12.1 Å². The first-order valence-corrected chi connectivity index (χ1v) is 8.66. The number of aromatic nitrogens is 2. The van der Waals surface area contributed by atoms with Gasteiger partial charge in [-0.3, -0.25) is 14.3 Å². The van der Waals surface area contributed by atoms with Gasteiger partial charge in [-0.15, -0.1) is 0 Å². The normalized spacial score (nSPS) is 16.3. The maximum Gasteiger partial charge on any atom is 0.250 e. The molecular weight excluding hydrogens is 335 g/mol. The third-order valence-electron chi connectivity index (χ3n) is 4.93. The molecular formula is C19H23FN4O2. The molecule has 0 saturated carbocycles. The summed E-state index contributed by atoms with van der Waals surface area (Å²) in [6.07, 6.45) is 4.62. The lowest BCUT2D eigenvalue weighted by atomic mass is 9.86. The highest BCUT2D eigenvalue weighted by molar-refractivity contribution is 5.85. The summed E-state index contributed by atoms with van der Waals surface area (Å²) in [4.78, 5) is 28.7. The lowest BCUT2D eigenvalue weighted by molar-refractivity contribution is -0.145. The first-order chi connectivity index (χ1) is 12.4. The Balaban J connectivity index is 1.72. The molecule has 6 nitrogen and oxygen atoms in total. The number of amides is 2. The number of carbonyl (C=O) groups excluding carboxylic acids is 2. The fourth-order valence-electron chi connectivity index (χ4n) is 3.54. The zero-order chi connectivity index (χ0) is 18.7. The molecule has 0 aliphatic carbocycles. The van der Waals surface area contributed by atoms with E-state index in [1.54, 1.807) is 59.2 Å². The van der Waals surface area contributed by atoms with Crippen LogP contribution in [0.4, 0.5) is 4.39 Å². The molecule has 0 atom stereocenters. The van der Waals surface area contributed by atoms with E-state index in [2.05, 4.69) is 5.10 Å². The van der Waals surface area contributed by atoms with Gasteiger partial charge < -0.3 is 9.80 Å². The summed E-state index contributed by atoms with van der Waals surface area (Å²) in [6, 6.07) is 7.89. The Morgan fingerprint density at radius 3 is 2.54 bits per heavy atom. The number of halogens is 1. The largest absolute Gasteiger partial charge is 0.347 e. The Labute approximate surface area is 152 Å². The van der Waals surface area contributed by atoms with Gasteiger partial charge in [0, 0.05) is 39.6 Å².